The maximum Gasteiger partial charge on any atom is 0.345 e. The van der Waals surface area contributed by atoms with Gasteiger partial charge in [0.05, 0.1) is 4.92 Å². The first kappa shape index (κ1) is 11.9. The van der Waals surface area contributed by atoms with E-state index in [9.17, 15) is 14.9 Å². The molecule has 0 aliphatic carbocycles. The van der Waals surface area contributed by atoms with Gasteiger partial charge in [0.15, 0.2) is 0 Å². The summed E-state index contributed by atoms with van der Waals surface area (Å²) in [5.74, 6) is -0.704. The first-order chi connectivity index (χ1) is 7.57. The van der Waals surface area contributed by atoms with E-state index in [0.717, 1.165) is 0 Å². The van der Waals surface area contributed by atoms with Gasteiger partial charge in [-0.1, -0.05) is 24.8 Å². The monoisotopic (exact) mass is 221 g/mol. The predicted molar refractivity (Wildman–Crippen MR) is 58.3 cm³/mol. The minimum absolute atomic E-state index is 0.00523. The van der Waals surface area contributed by atoms with Crippen LogP contribution < -0.4 is 0 Å². The van der Waals surface area contributed by atoms with E-state index in [4.69, 9.17) is 4.74 Å². The van der Waals surface area contributed by atoms with Crippen LogP contribution >= 0.6 is 0 Å². The Kier molecular flexibility index (Phi) is 3.77. The minimum Gasteiger partial charge on any atom is -0.458 e. The largest absolute Gasteiger partial charge is 0.458 e. The molecule has 0 bridgehead atoms. The third kappa shape index (κ3) is 2.44. The average molecular weight is 221 g/mol. The zero-order chi connectivity index (χ0) is 12.1. The molecule has 1 rings (SSSR count). The van der Waals surface area contributed by atoms with Gasteiger partial charge in [0.2, 0.25) is 0 Å². The highest BCUT2D eigenvalue weighted by Gasteiger charge is 2.22. The number of aryl methyl sites for hydroxylation is 1. The predicted octanol–water partition coefficient (Wildman–Crippen LogP) is 2.25. The standard InChI is InChI=1S/C11H11NO4/c1-3-7-16-11(13)10-8(2)5-4-6-9(10)12(14)15/h3-6H,1,7H2,2H3. The van der Waals surface area contributed by atoms with Crippen LogP contribution in [0.2, 0.25) is 0 Å². The Morgan fingerprint density at radius 1 is 1.62 bits per heavy atom. The quantitative estimate of drug-likeness (QED) is 0.338. The Hall–Kier alpha value is -2.17. The van der Waals surface area contributed by atoms with Crippen LogP contribution in [0.1, 0.15) is 15.9 Å². The first-order valence-electron chi connectivity index (χ1n) is 4.60. The summed E-state index contributed by atoms with van der Waals surface area (Å²) in [7, 11) is 0. The second kappa shape index (κ2) is 5.06. The molecule has 5 heteroatoms. The molecule has 16 heavy (non-hydrogen) atoms. The highest BCUT2D eigenvalue weighted by atomic mass is 16.6. The molecule has 0 heterocycles. The van der Waals surface area contributed by atoms with E-state index in [1.807, 2.05) is 0 Å². The van der Waals surface area contributed by atoms with Gasteiger partial charge in [0.1, 0.15) is 12.2 Å². The van der Waals surface area contributed by atoms with Crippen molar-refractivity contribution < 1.29 is 14.5 Å². The first-order valence-corrected chi connectivity index (χ1v) is 4.60. The van der Waals surface area contributed by atoms with Crippen LogP contribution in [-0.2, 0) is 4.74 Å². The SMILES string of the molecule is C=CCOC(=O)c1c(C)cccc1[N+](=O)[O-]. The molecule has 0 N–H and O–H groups in total. The number of rotatable bonds is 4. The number of esters is 1. The number of carbonyl (C=O) groups is 1. The zero-order valence-electron chi connectivity index (χ0n) is 8.80. The number of hydrogen-bond donors (Lipinski definition) is 0. The van der Waals surface area contributed by atoms with Crippen molar-refractivity contribution in [3.63, 3.8) is 0 Å². The van der Waals surface area contributed by atoms with Crippen LogP contribution in [0.25, 0.3) is 0 Å². The van der Waals surface area contributed by atoms with E-state index >= 15 is 0 Å². The second-order valence-electron chi connectivity index (χ2n) is 3.11. The smallest absolute Gasteiger partial charge is 0.345 e. The van der Waals surface area contributed by atoms with Gasteiger partial charge in [-0.3, -0.25) is 10.1 Å². The molecule has 0 saturated carbocycles. The van der Waals surface area contributed by atoms with Gasteiger partial charge in [-0.2, -0.15) is 0 Å². The molecule has 0 unspecified atom stereocenters. The lowest BCUT2D eigenvalue weighted by molar-refractivity contribution is -0.385. The normalized spacial score (nSPS) is 9.56. The fourth-order valence-electron chi connectivity index (χ4n) is 1.28. The number of nitrogens with zero attached hydrogens (tertiary/aromatic N) is 1. The van der Waals surface area contributed by atoms with Crippen molar-refractivity contribution >= 4 is 11.7 Å². The van der Waals surface area contributed by atoms with Gasteiger partial charge in [-0.05, 0) is 12.5 Å². The molecule has 0 radical (unpaired) electrons. The number of hydrogen-bond acceptors (Lipinski definition) is 4. The maximum atomic E-state index is 11.6. The van der Waals surface area contributed by atoms with Gasteiger partial charge < -0.3 is 4.74 Å². The lowest BCUT2D eigenvalue weighted by atomic mass is 10.1. The van der Waals surface area contributed by atoms with E-state index in [1.165, 1.54) is 18.2 Å². The Labute approximate surface area is 92.5 Å². The molecule has 5 nitrogen and oxygen atoms in total. The third-order valence-electron chi connectivity index (χ3n) is 1.98. The number of carbonyl (C=O) groups excluding carboxylic acids is 1. The van der Waals surface area contributed by atoms with E-state index in [1.54, 1.807) is 13.0 Å². The van der Waals surface area contributed by atoms with Crippen molar-refractivity contribution in [1.82, 2.24) is 0 Å². The molecule has 0 aromatic heterocycles. The van der Waals surface area contributed by atoms with Crippen LogP contribution in [0.15, 0.2) is 30.9 Å². The lowest BCUT2D eigenvalue weighted by Gasteiger charge is -2.05. The van der Waals surface area contributed by atoms with E-state index < -0.39 is 10.9 Å². The molecule has 1 aromatic rings. The van der Waals surface area contributed by atoms with E-state index in [2.05, 4.69) is 6.58 Å². The van der Waals surface area contributed by atoms with Crippen LogP contribution in [0.4, 0.5) is 5.69 Å². The third-order valence-corrected chi connectivity index (χ3v) is 1.98. The number of nitro groups is 1. The Morgan fingerprint density at radius 3 is 2.88 bits per heavy atom. The lowest BCUT2D eigenvalue weighted by Crippen LogP contribution is -2.10. The molecule has 0 saturated heterocycles. The van der Waals surface area contributed by atoms with E-state index in [0.29, 0.717) is 5.56 Å². The van der Waals surface area contributed by atoms with Crippen molar-refractivity contribution in [3.8, 4) is 0 Å². The summed E-state index contributed by atoms with van der Waals surface area (Å²) in [5.41, 5.74) is 0.270. The Balaban J connectivity index is 3.14. The van der Waals surface area contributed by atoms with Crippen LogP contribution in [0, 0.1) is 17.0 Å². The summed E-state index contributed by atoms with van der Waals surface area (Å²) in [5, 5.41) is 10.7. The molecule has 0 fully saturated rings. The van der Waals surface area contributed by atoms with Crippen molar-refractivity contribution in [1.29, 1.82) is 0 Å². The van der Waals surface area contributed by atoms with Crippen molar-refractivity contribution in [3.05, 3.63) is 52.1 Å². The van der Waals surface area contributed by atoms with Crippen LogP contribution in [0.5, 0.6) is 0 Å². The maximum absolute atomic E-state index is 11.6. The minimum atomic E-state index is -0.704. The summed E-state index contributed by atoms with van der Waals surface area (Å²) in [6.45, 7) is 5.05. The highest BCUT2D eigenvalue weighted by Crippen LogP contribution is 2.22. The summed E-state index contributed by atoms with van der Waals surface area (Å²) in [6, 6.07) is 4.42. The average Bonchev–Trinajstić information content (AvgIpc) is 2.25. The molecular weight excluding hydrogens is 210 g/mol. The van der Waals surface area contributed by atoms with Crippen LogP contribution in [0.3, 0.4) is 0 Å². The van der Waals surface area contributed by atoms with Gasteiger partial charge in [0, 0.05) is 6.07 Å². The molecule has 0 amide bonds. The molecule has 1 aromatic carbocycles. The number of nitro benzene ring substituents is 1. The van der Waals surface area contributed by atoms with Crippen LogP contribution in [-0.4, -0.2) is 17.5 Å². The van der Waals surface area contributed by atoms with Gasteiger partial charge in [-0.25, -0.2) is 4.79 Å². The Morgan fingerprint density at radius 2 is 2.31 bits per heavy atom. The second-order valence-corrected chi connectivity index (χ2v) is 3.11. The molecule has 0 spiro atoms. The van der Waals surface area contributed by atoms with Gasteiger partial charge >= 0.3 is 5.97 Å². The number of ether oxygens (including phenoxy) is 1. The molecular formula is C11H11NO4. The fraction of sp³-hybridized carbons (Fsp3) is 0.182. The number of benzene rings is 1. The van der Waals surface area contributed by atoms with Gasteiger partial charge in [-0.15, -0.1) is 0 Å². The topological polar surface area (TPSA) is 69.4 Å². The Bertz CT molecular complexity index is 440. The summed E-state index contributed by atoms with van der Waals surface area (Å²) < 4.78 is 4.79. The van der Waals surface area contributed by atoms with Gasteiger partial charge in [0.25, 0.3) is 5.69 Å². The molecule has 0 atom stereocenters. The highest BCUT2D eigenvalue weighted by molar-refractivity contribution is 5.95. The van der Waals surface area contributed by atoms with Crippen molar-refractivity contribution in [2.45, 2.75) is 6.92 Å². The van der Waals surface area contributed by atoms with Crippen molar-refractivity contribution in [2.75, 3.05) is 6.61 Å². The van der Waals surface area contributed by atoms with Crippen molar-refractivity contribution in [2.24, 2.45) is 0 Å². The van der Waals surface area contributed by atoms with E-state index in [-0.39, 0.29) is 17.9 Å². The zero-order valence-corrected chi connectivity index (χ0v) is 8.80. The molecule has 0 aliphatic rings. The summed E-state index contributed by atoms with van der Waals surface area (Å²) >= 11 is 0. The molecule has 84 valence electrons. The molecule has 0 aliphatic heterocycles. The summed E-state index contributed by atoms with van der Waals surface area (Å²) in [6.07, 6.45) is 1.40. The fourth-order valence-corrected chi connectivity index (χ4v) is 1.28. The summed E-state index contributed by atoms with van der Waals surface area (Å²) in [4.78, 5) is 21.7.